The van der Waals surface area contributed by atoms with Gasteiger partial charge in [0.05, 0.1) is 126 Å². The summed E-state index contributed by atoms with van der Waals surface area (Å²) in [6.45, 7) is 12.3. The van der Waals surface area contributed by atoms with E-state index in [1.165, 1.54) is 0 Å². The largest absolute Gasteiger partial charge is 0.379 e. The molecule has 0 spiro atoms. The van der Waals surface area contributed by atoms with Crippen molar-refractivity contribution < 1.29 is 52.2 Å². The summed E-state index contributed by atoms with van der Waals surface area (Å²) in [5.41, 5.74) is 5.00. The molecule has 35 heavy (non-hydrogen) atoms. The van der Waals surface area contributed by atoms with Crippen molar-refractivity contribution in [3.63, 3.8) is 0 Å². The summed E-state index contributed by atoms with van der Waals surface area (Å²) in [5.74, 6) is -0.371. The van der Waals surface area contributed by atoms with Crippen molar-refractivity contribution in [2.75, 3.05) is 132 Å². The normalized spacial score (nSPS) is 11.3. The average Bonchev–Trinajstić information content (AvgIpc) is 2.85. The van der Waals surface area contributed by atoms with E-state index in [9.17, 15) is 4.79 Å². The lowest BCUT2D eigenvalue weighted by Crippen LogP contribution is -2.16. The number of carbonyl (C=O) groups is 1. The number of primary amides is 1. The summed E-state index contributed by atoms with van der Waals surface area (Å²) >= 11 is 0. The van der Waals surface area contributed by atoms with E-state index in [-0.39, 0.29) is 12.3 Å². The molecule has 0 fully saturated rings. The molecule has 0 unspecified atom stereocenters. The van der Waals surface area contributed by atoms with Crippen molar-refractivity contribution in [2.24, 2.45) is 5.73 Å². The second kappa shape index (κ2) is 31.1. The third-order valence-corrected chi connectivity index (χ3v) is 4.04. The number of amides is 1. The Bertz CT molecular complexity index is 419. The minimum absolute atomic E-state index is 0.225. The molecule has 0 saturated carbocycles. The van der Waals surface area contributed by atoms with Gasteiger partial charge in [0.15, 0.2) is 0 Å². The van der Waals surface area contributed by atoms with Gasteiger partial charge in [-0.3, -0.25) is 4.79 Å². The lowest BCUT2D eigenvalue weighted by atomic mass is 10.4. The van der Waals surface area contributed by atoms with Crippen molar-refractivity contribution >= 4 is 5.91 Å². The molecule has 0 bridgehead atoms. The molecule has 0 aromatic carbocycles. The van der Waals surface area contributed by atoms with Gasteiger partial charge < -0.3 is 53.1 Å². The molecule has 0 aliphatic carbocycles. The van der Waals surface area contributed by atoms with Gasteiger partial charge in [0.2, 0.25) is 5.91 Å². The summed E-state index contributed by atoms with van der Waals surface area (Å²) in [5, 5.41) is 0. The minimum Gasteiger partial charge on any atom is -0.379 e. The number of rotatable bonds is 31. The van der Waals surface area contributed by atoms with Gasteiger partial charge in [0.1, 0.15) is 0 Å². The summed E-state index contributed by atoms with van der Waals surface area (Å²) in [4.78, 5) is 10.5. The third kappa shape index (κ3) is 33.1. The maximum atomic E-state index is 10.5. The maximum Gasteiger partial charge on any atom is 0.219 e. The first-order valence-corrected chi connectivity index (χ1v) is 12.3. The van der Waals surface area contributed by atoms with Gasteiger partial charge in [0.25, 0.3) is 0 Å². The zero-order chi connectivity index (χ0) is 25.5. The zero-order valence-electron chi connectivity index (χ0n) is 21.4. The molecular formula is C23H47NO11. The summed E-state index contributed by atoms with van der Waals surface area (Å²) in [6.07, 6.45) is 0.225. The molecule has 0 saturated heterocycles. The Kier molecular flexibility index (Phi) is 30.3. The van der Waals surface area contributed by atoms with Crippen molar-refractivity contribution in [1.82, 2.24) is 0 Å². The average molecular weight is 514 g/mol. The Labute approximate surface area is 209 Å². The monoisotopic (exact) mass is 513 g/mol. The fraction of sp³-hybridized carbons (Fsp3) is 0.957. The predicted octanol–water partition coefficient (Wildman–Crippen LogP) is 0.0477. The Morgan fingerprint density at radius 3 is 0.800 bits per heavy atom. The molecule has 0 aromatic rings. The highest BCUT2D eigenvalue weighted by Crippen LogP contribution is 1.87. The van der Waals surface area contributed by atoms with Crippen molar-refractivity contribution in [3.05, 3.63) is 0 Å². The molecule has 0 radical (unpaired) electrons. The van der Waals surface area contributed by atoms with Crippen LogP contribution in [-0.2, 0) is 52.2 Å². The van der Waals surface area contributed by atoms with Crippen LogP contribution in [0.1, 0.15) is 13.3 Å². The fourth-order valence-electron chi connectivity index (χ4n) is 2.30. The molecule has 210 valence electrons. The Morgan fingerprint density at radius 2 is 0.600 bits per heavy atom. The van der Waals surface area contributed by atoms with Gasteiger partial charge in [-0.2, -0.15) is 0 Å². The third-order valence-electron chi connectivity index (χ3n) is 4.04. The van der Waals surface area contributed by atoms with Gasteiger partial charge >= 0.3 is 0 Å². The van der Waals surface area contributed by atoms with Crippen LogP contribution in [0, 0.1) is 0 Å². The van der Waals surface area contributed by atoms with E-state index in [1.54, 1.807) is 0 Å². The van der Waals surface area contributed by atoms with E-state index >= 15 is 0 Å². The first-order valence-electron chi connectivity index (χ1n) is 12.3. The molecule has 0 heterocycles. The Hall–Kier alpha value is -0.930. The lowest BCUT2D eigenvalue weighted by molar-refractivity contribution is -0.119. The van der Waals surface area contributed by atoms with Crippen LogP contribution in [0.2, 0.25) is 0 Å². The highest BCUT2D eigenvalue weighted by atomic mass is 16.6. The van der Waals surface area contributed by atoms with Crippen LogP contribution in [0.25, 0.3) is 0 Å². The maximum absolute atomic E-state index is 10.5. The van der Waals surface area contributed by atoms with E-state index in [0.29, 0.717) is 132 Å². The van der Waals surface area contributed by atoms with Gasteiger partial charge in [0, 0.05) is 13.0 Å². The van der Waals surface area contributed by atoms with Crippen molar-refractivity contribution in [1.29, 1.82) is 0 Å². The van der Waals surface area contributed by atoms with Crippen molar-refractivity contribution in [3.8, 4) is 0 Å². The van der Waals surface area contributed by atoms with Gasteiger partial charge in [-0.15, -0.1) is 0 Å². The molecule has 0 aliphatic rings. The van der Waals surface area contributed by atoms with Crippen LogP contribution in [-0.4, -0.2) is 138 Å². The zero-order valence-corrected chi connectivity index (χ0v) is 21.4. The van der Waals surface area contributed by atoms with Crippen LogP contribution in [0.15, 0.2) is 0 Å². The summed E-state index contributed by atoms with van der Waals surface area (Å²) < 4.78 is 53.5. The van der Waals surface area contributed by atoms with Crippen molar-refractivity contribution in [2.45, 2.75) is 13.3 Å². The number of hydrogen-bond donors (Lipinski definition) is 1. The molecule has 2 N–H and O–H groups in total. The summed E-state index contributed by atoms with van der Waals surface area (Å²) in [7, 11) is 0. The minimum atomic E-state index is -0.371. The number of carbonyl (C=O) groups excluding carboxylic acids is 1. The first-order chi connectivity index (χ1) is 17.3. The van der Waals surface area contributed by atoms with E-state index < -0.39 is 0 Å². The smallest absolute Gasteiger partial charge is 0.219 e. The van der Waals surface area contributed by atoms with E-state index in [1.807, 2.05) is 6.92 Å². The highest BCUT2D eigenvalue weighted by Gasteiger charge is 1.96. The number of ether oxygens (including phenoxy) is 10. The van der Waals surface area contributed by atoms with Crippen LogP contribution in [0.3, 0.4) is 0 Å². The highest BCUT2D eigenvalue weighted by molar-refractivity contribution is 5.73. The number of nitrogens with two attached hydrogens (primary N) is 1. The second-order valence-corrected chi connectivity index (χ2v) is 6.92. The molecule has 12 nitrogen and oxygen atoms in total. The number of hydrogen-bond acceptors (Lipinski definition) is 11. The van der Waals surface area contributed by atoms with Crippen LogP contribution in [0.4, 0.5) is 0 Å². The summed E-state index contributed by atoms with van der Waals surface area (Å²) in [6, 6.07) is 0. The molecular weight excluding hydrogens is 466 g/mol. The Balaban J connectivity index is 3.01. The van der Waals surface area contributed by atoms with Gasteiger partial charge in [-0.25, -0.2) is 0 Å². The van der Waals surface area contributed by atoms with Crippen LogP contribution in [0.5, 0.6) is 0 Å². The topological polar surface area (TPSA) is 135 Å². The molecule has 0 aromatic heterocycles. The lowest BCUT2D eigenvalue weighted by Gasteiger charge is -2.09. The van der Waals surface area contributed by atoms with Crippen LogP contribution < -0.4 is 5.73 Å². The standard InChI is InChI=1S/C23H47NO11/c1-2-26-5-6-28-9-10-30-13-14-32-17-18-34-21-22-35-20-19-33-16-15-31-12-11-29-8-7-27-4-3-23(24)25/h2-22H2,1H3,(H2,24,25). The fourth-order valence-corrected chi connectivity index (χ4v) is 2.30. The second-order valence-electron chi connectivity index (χ2n) is 6.92. The van der Waals surface area contributed by atoms with Gasteiger partial charge in [-0.1, -0.05) is 0 Å². The SMILES string of the molecule is CCOCCOCCOCCOCCOCCOCCOCCOCCOCCOCCC(N)=O. The van der Waals surface area contributed by atoms with E-state index in [4.69, 9.17) is 53.1 Å². The quantitative estimate of drug-likeness (QED) is 0.126. The Morgan fingerprint density at radius 1 is 0.400 bits per heavy atom. The molecule has 0 aliphatic heterocycles. The molecule has 1 amide bonds. The first kappa shape index (κ1) is 34.1. The predicted molar refractivity (Wildman–Crippen MR) is 128 cm³/mol. The van der Waals surface area contributed by atoms with E-state index in [2.05, 4.69) is 0 Å². The van der Waals surface area contributed by atoms with E-state index in [0.717, 1.165) is 0 Å². The van der Waals surface area contributed by atoms with Crippen LogP contribution >= 0.6 is 0 Å². The molecule has 12 heteroatoms. The molecule has 0 rings (SSSR count). The van der Waals surface area contributed by atoms with Gasteiger partial charge in [-0.05, 0) is 6.92 Å². The molecule has 0 atom stereocenters.